The Morgan fingerprint density at radius 3 is 2.63 bits per heavy atom. The Balaban J connectivity index is 1.96. The maximum absolute atomic E-state index is 3.72. The summed E-state index contributed by atoms with van der Waals surface area (Å²) >= 11 is 0. The Morgan fingerprint density at radius 1 is 1.21 bits per heavy atom. The Morgan fingerprint density at radius 2 is 1.95 bits per heavy atom. The lowest BCUT2D eigenvalue weighted by Crippen LogP contribution is -2.28. The van der Waals surface area contributed by atoms with Crippen molar-refractivity contribution in [3.05, 3.63) is 35.4 Å². The van der Waals surface area contributed by atoms with E-state index in [0.717, 1.165) is 6.54 Å². The minimum Gasteiger partial charge on any atom is -0.310 e. The van der Waals surface area contributed by atoms with Gasteiger partial charge in [-0.3, -0.25) is 0 Å². The van der Waals surface area contributed by atoms with Crippen LogP contribution in [0.2, 0.25) is 0 Å². The average molecular weight is 260 g/mol. The van der Waals surface area contributed by atoms with Gasteiger partial charge in [0.1, 0.15) is 0 Å². The highest BCUT2D eigenvalue weighted by Crippen LogP contribution is 2.22. The van der Waals surface area contributed by atoms with Crippen LogP contribution in [0.15, 0.2) is 24.3 Å². The topological polar surface area (TPSA) is 15.3 Å². The van der Waals surface area contributed by atoms with Crippen molar-refractivity contribution < 1.29 is 0 Å². The highest BCUT2D eigenvalue weighted by molar-refractivity contribution is 5.28. The molecule has 2 heteroatoms. The number of rotatable bonds is 7. The summed E-state index contributed by atoms with van der Waals surface area (Å²) in [5.74, 6) is 0. The Bertz CT molecular complexity index is 369. The molecule has 1 N–H and O–H groups in total. The first kappa shape index (κ1) is 14.5. The maximum atomic E-state index is 3.72. The van der Waals surface area contributed by atoms with Gasteiger partial charge in [0.2, 0.25) is 0 Å². The molecule has 1 aliphatic heterocycles. The largest absolute Gasteiger partial charge is 0.310 e. The van der Waals surface area contributed by atoms with E-state index >= 15 is 0 Å². The van der Waals surface area contributed by atoms with Crippen LogP contribution in [-0.2, 0) is 0 Å². The van der Waals surface area contributed by atoms with Crippen LogP contribution in [-0.4, -0.2) is 31.1 Å². The summed E-state index contributed by atoms with van der Waals surface area (Å²) in [4.78, 5) is 2.61. The van der Waals surface area contributed by atoms with Crippen LogP contribution in [0.3, 0.4) is 0 Å². The zero-order valence-corrected chi connectivity index (χ0v) is 12.5. The fourth-order valence-electron chi connectivity index (χ4n) is 2.98. The van der Waals surface area contributed by atoms with E-state index < -0.39 is 0 Å². The number of nitrogens with one attached hydrogen (secondary N) is 1. The second-order valence-electron chi connectivity index (χ2n) is 5.70. The molecule has 1 atom stereocenters. The zero-order chi connectivity index (χ0) is 13.5. The van der Waals surface area contributed by atoms with Crippen LogP contribution < -0.4 is 5.32 Å². The minimum atomic E-state index is 0.516. The van der Waals surface area contributed by atoms with Crippen LogP contribution in [0.1, 0.15) is 49.8 Å². The van der Waals surface area contributed by atoms with Gasteiger partial charge < -0.3 is 10.2 Å². The van der Waals surface area contributed by atoms with Gasteiger partial charge in [-0.2, -0.15) is 0 Å². The van der Waals surface area contributed by atoms with Crippen molar-refractivity contribution in [3.8, 4) is 0 Å². The molecule has 1 heterocycles. The quantitative estimate of drug-likeness (QED) is 0.807. The van der Waals surface area contributed by atoms with Gasteiger partial charge in [-0.1, -0.05) is 31.2 Å². The molecule has 0 saturated carbocycles. The molecular weight excluding hydrogens is 232 g/mol. The molecule has 1 saturated heterocycles. The fraction of sp³-hybridized carbons (Fsp3) is 0.647. The van der Waals surface area contributed by atoms with Gasteiger partial charge in [0, 0.05) is 6.04 Å². The van der Waals surface area contributed by atoms with Gasteiger partial charge in [0.15, 0.2) is 0 Å². The average Bonchev–Trinajstić information content (AvgIpc) is 2.93. The van der Waals surface area contributed by atoms with Crippen LogP contribution in [0.25, 0.3) is 0 Å². The Hall–Kier alpha value is -0.860. The van der Waals surface area contributed by atoms with E-state index in [1.54, 1.807) is 0 Å². The summed E-state index contributed by atoms with van der Waals surface area (Å²) in [6.07, 6.45) is 5.20. The van der Waals surface area contributed by atoms with Crippen molar-refractivity contribution >= 4 is 0 Å². The van der Waals surface area contributed by atoms with Crippen LogP contribution in [0, 0.1) is 6.92 Å². The number of hydrogen-bond acceptors (Lipinski definition) is 2. The number of hydrogen-bond donors (Lipinski definition) is 1. The second kappa shape index (κ2) is 7.66. The first-order valence-electron chi connectivity index (χ1n) is 7.82. The van der Waals surface area contributed by atoms with E-state index in [9.17, 15) is 0 Å². The van der Waals surface area contributed by atoms with Crippen molar-refractivity contribution in [1.29, 1.82) is 0 Å². The van der Waals surface area contributed by atoms with Gasteiger partial charge in [0.05, 0.1) is 0 Å². The summed E-state index contributed by atoms with van der Waals surface area (Å²) in [5.41, 5.74) is 2.90. The molecule has 19 heavy (non-hydrogen) atoms. The lowest BCUT2D eigenvalue weighted by atomic mass is 9.98. The van der Waals surface area contributed by atoms with Crippen LogP contribution in [0.5, 0.6) is 0 Å². The highest BCUT2D eigenvalue weighted by Gasteiger charge is 2.16. The van der Waals surface area contributed by atoms with Crippen LogP contribution in [0.4, 0.5) is 0 Å². The van der Waals surface area contributed by atoms with Gasteiger partial charge in [0.25, 0.3) is 0 Å². The summed E-state index contributed by atoms with van der Waals surface area (Å²) < 4.78 is 0. The third-order valence-electron chi connectivity index (χ3n) is 4.14. The smallest absolute Gasteiger partial charge is 0.0335 e. The third-order valence-corrected chi connectivity index (χ3v) is 4.14. The van der Waals surface area contributed by atoms with Gasteiger partial charge in [-0.15, -0.1) is 0 Å². The molecular formula is C17H28N2. The summed E-state index contributed by atoms with van der Waals surface area (Å²) in [7, 11) is 0. The van der Waals surface area contributed by atoms with Crippen molar-refractivity contribution in [2.24, 2.45) is 0 Å². The highest BCUT2D eigenvalue weighted by atomic mass is 15.1. The molecule has 0 amide bonds. The number of aryl methyl sites for hydroxylation is 1. The second-order valence-corrected chi connectivity index (χ2v) is 5.70. The van der Waals surface area contributed by atoms with E-state index in [0.29, 0.717) is 6.04 Å². The molecule has 1 unspecified atom stereocenters. The molecule has 0 bridgehead atoms. The van der Waals surface area contributed by atoms with Crippen molar-refractivity contribution in [2.45, 2.75) is 45.6 Å². The lowest BCUT2D eigenvalue weighted by molar-refractivity contribution is 0.310. The normalized spacial score (nSPS) is 17.8. The molecule has 1 fully saturated rings. The lowest BCUT2D eigenvalue weighted by Gasteiger charge is -2.24. The van der Waals surface area contributed by atoms with Gasteiger partial charge in [-0.25, -0.2) is 0 Å². The van der Waals surface area contributed by atoms with Crippen molar-refractivity contribution in [1.82, 2.24) is 10.2 Å². The molecule has 0 radical (unpaired) electrons. The minimum absolute atomic E-state index is 0.516. The SMILES string of the molecule is CCCNC(CCN1CCCC1)c1ccccc1C. The van der Waals surface area contributed by atoms with E-state index in [1.807, 2.05) is 0 Å². The third kappa shape index (κ3) is 4.32. The van der Waals surface area contributed by atoms with Crippen molar-refractivity contribution in [2.75, 3.05) is 26.2 Å². The summed E-state index contributed by atoms with van der Waals surface area (Å²) in [6, 6.07) is 9.33. The molecule has 2 nitrogen and oxygen atoms in total. The van der Waals surface area contributed by atoms with Crippen LogP contribution >= 0.6 is 0 Å². The zero-order valence-electron chi connectivity index (χ0n) is 12.5. The van der Waals surface area contributed by atoms with Gasteiger partial charge in [-0.05, 0) is 69.9 Å². The molecule has 106 valence electrons. The molecule has 0 aromatic heterocycles. The van der Waals surface area contributed by atoms with E-state index in [2.05, 4.69) is 48.3 Å². The van der Waals surface area contributed by atoms with E-state index in [4.69, 9.17) is 0 Å². The van der Waals surface area contributed by atoms with E-state index in [1.165, 1.54) is 56.4 Å². The van der Waals surface area contributed by atoms with Gasteiger partial charge >= 0.3 is 0 Å². The molecule has 1 aromatic rings. The first-order chi connectivity index (χ1) is 9.31. The Labute approximate surface area is 118 Å². The number of nitrogens with zero attached hydrogens (tertiary/aromatic N) is 1. The van der Waals surface area contributed by atoms with Crippen molar-refractivity contribution in [3.63, 3.8) is 0 Å². The monoisotopic (exact) mass is 260 g/mol. The fourth-order valence-corrected chi connectivity index (χ4v) is 2.98. The maximum Gasteiger partial charge on any atom is 0.0335 e. The first-order valence-corrected chi connectivity index (χ1v) is 7.82. The molecule has 1 aromatic carbocycles. The molecule has 0 aliphatic carbocycles. The molecule has 2 rings (SSSR count). The number of benzene rings is 1. The standard InChI is InChI=1S/C17H28N2/c1-3-11-18-17(10-14-19-12-6-7-13-19)16-9-5-4-8-15(16)2/h4-5,8-9,17-18H,3,6-7,10-14H2,1-2H3. The number of likely N-dealkylation sites (tertiary alicyclic amines) is 1. The molecule has 1 aliphatic rings. The predicted molar refractivity (Wildman–Crippen MR) is 82.5 cm³/mol. The summed E-state index contributed by atoms with van der Waals surface area (Å²) in [5, 5.41) is 3.72. The predicted octanol–water partition coefficient (Wildman–Crippen LogP) is 3.52. The Kier molecular flexibility index (Phi) is 5.87. The van der Waals surface area contributed by atoms with E-state index in [-0.39, 0.29) is 0 Å². The summed E-state index contributed by atoms with van der Waals surface area (Å²) in [6.45, 7) is 9.41. The molecule has 0 spiro atoms.